The third kappa shape index (κ3) is 4.27. The van der Waals surface area contributed by atoms with Gasteiger partial charge in [0.25, 0.3) is 0 Å². The summed E-state index contributed by atoms with van der Waals surface area (Å²) < 4.78 is 37.6. The van der Waals surface area contributed by atoms with E-state index >= 15 is 4.39 Å². The Bertz CT molecular complexity index is 1580. The van der Waals surface area contributed by atoms with Crippen LogP contribution in [0.3, 0.4) is 0 Å². The number of fused-ring (bicyclic) bond motifs is 4. The summed E-state index contributed by atoms with van der Waals surface area (Å²) in [4.78, 5) is 18.3. The molecule has 3 fully saturated rings. The lowest BCUT2D eigenvalue weighted by molar-refractivity contribution is 0.188. The van der Waals surface area contributed by atoms with Gasteiger partial charge >= 0.3 is 6.01 Å². The van der Waals surface area contributed by atoms with Crippen LogP contribution < -0.4 is 20.7 Å². The van der Waals surface area contributed by atoms with Crippen molar-refractivity contribution in [2.45, 2.75) is 50.7 Å². The van der Waals surface area contributed by atoms with E-state index in [0.29, 0.717) is 56.8 Å². The van der Waals surface area contributed by atoms with Crippen molar-refractivity contribution in [1.82, 2.24) is 25.2 Å². The fourth-order valence-corrected chi connectivity index (χ4v) is 7.24. The zero-order valence-corrected chi connectivity index (χ0v) is 22.8. The number of nitrogens with one attached hydrogen (secondary N) is 1. The van der Waals surface area contributed by atoms with Crippen LogP contribution >= 0.6 is 11.3 Å². The first-order chi connectivity index (χ1) is 18.9. The van der Waals surface area contributed by atoms with Crippen LogP contribution in [-0.4, -0.2) is 71.3 Å². The van der Waals surface area contributed by atoms with E-state index in [1.807, 2.05) is 13.0 Å². The lowest BCUT2D eigenvalue weighted by Gasteiger charge is -2.34. The summed E-state index contributed by atoms with van der Waals surface area (Å²) in [7, 11) is 2.09. The predicted molar refractivity (Wildman–Crippen MR) is 151 cm³/mol. The number of nitrogens with zero attached hydrogens (tertiary/aromatic N) is 5. The number of anilines is 2. The van der Waals surface area contributed by atoms with Gasteiger partial charge in [-0.3, -0.25) is 0 Å². The number of halogens is 2. The van der Waals surface area contributed by atoms with Gasteiger partial charge in [0.2, 0.25) is 0 Å². The first-order valence-electron chi connectivity index (χ1n) is 13.6. The quantitative estimate of drug-likeness (QED) is 0.375. The second-order valence-corrected chi connectivity index (χ2v) is 12.1. The standard InChI is InChI=1S/C28H31F2N7OS/c1-14-10-19-23(22(30)21(14)18-7-8-20(29)25-24(18)33-27(31)39-25)34-28(38-13-17-4-3-9-36(17)2)35-26(19)37-11-15-5-6-16(12-37)32-15/h7-8,10,15-17,32H,3-6,9,11-13H2,1-2H3,(H2,31,33)/t15?,16?,17-/m0/s1. The maximum Gasteiger partial charge on any atom is 0.319 e. The Labute approximate surface area is 229 Å². The largest absolute Gasteiger partial charge is 0.462 e. The van der Waals surface area contributed by atoms with E-state index in [0.717, 1.165) is 56.7 Å². The minimum atomic E-state index is -0.492. The third-order valence-electron chi connectivity index (χ3n) is 8.46. The van der Waals surface area contributed by atoms with Crippen molar-refractivity contribution < 1.29 is 13.5 Å². The molecule has 0 spiro atoms. The Kier molecular flexibility index (Phi) is 6.05. The molecule has 204 valence electrons. The number of piperazine rings is 1. The number of rotatable bonds is 5. The average molecular weight is 552 g/mol. The summed E-state index contributed by atoms with van der Waals surface area (Å²) in [6.45, 7) is 4.94. The van der Waals surface area contributed by atoms with Gasteiger partial charge in [-0.2, -0.15) is 9.97 Å². The van der Waals surface area contributed by atoms with Crippen LogP contribution in [0.4, 0.5) is 19.7 Å². The molecule has 4 aromatic rings. The maximum atomic E-state index is 16.6. The molecule has 7 rings (SSSR count). The molecule has 8 nitrogen and oxygen atoms in total. The van der Waals surface area contributed by atoms with Gasteiger partial charge in [-0.15, -0.1) is 0 Å². The van der Waals surface area contributed by atoms with Crippen LogP contribution in [0.25, 0.3) is 32.2 Å². The molecule has 0 saturated carbocycles. The molecule has 2 aromatic carbocycles. The second kappa shape index (κ2) is 9.50. The Morgan fingerprint density at radius 1 is 1.10 bits per heavy atom. The molecule has 0 amide bonds. The minimum Gasteiger partial charge on any atom is -0.462 e. The van der Waals surface area contributed by atoms with E-state index < -0.39 is 11.6 Å². The molecule has 3 N–H and O–H groups in total. The highest BCUT2D eigenvalue weighted by atomic mass is 32.1. The average Bonchev–Trinajstić information content (AvgIpc) is 3.61. The van der Waals surface area contributed by atoms with Crippen molar-refractivity contribution in [3.63, 3.8) is 0 Å². The molecule has 0 aliphatic carbocycles. The smallest absolute Gasteiger partial charge is 0.319 e. The Morgan fingerprint density at radius 2 is 1.90 bits per heavy atom. The fraction of sp³-hybridized carbons (Fsp3) is 0.464. The number of nitrogens with two attached hydrogens (primary N) is 1. The number of hydrogen-bond donors (Lipinski definition) is 2. The highest BCUT2D eigenvalue weighted by molar-refractivity contribution is 7.22. The number of benzene rings is 2. The molecule has 3 aliphatic heterocycles. The van der Waals surface area contributed by atoms with Crippen molar-refractivity contribution in [3.8, 4) is 17.1 Å². The lowest BCUT2D eigenvalue weighted by atomic mass is 9.96. The van der Waals surface area contributed by atoms with Gasteiger partial charge < -0.3 is 25.6 Å². The van der Waals surface area contributed by atoms with Gasteiger partial charge in [0.1, 0.15) is 23.8 Å². The molecule has 2 aromatic heterocycles. The third-order valence-corrected chi connectivity index (χ3v) is 9.35. The molecule has 3 atom stereocenters. The molecular weight excluding hydrogens is 520 g/mol. The van der Waals surface area contributed by atoms with Crippen molar-refractivity contribution >= 4 is 43.4 Å². The van der Waals surface area contributed by atoms with E-state index in [4.69, 9.17) is 15.5 Å². The topological polar surface area (TPSA) is 92.4 Å². The van der Waals surface area contributed by atoms with Crippen molar-refractivity contribution in [1.29, 1.82) is 0 Å². The maximum absolute atomic E-state index is 16.6. The van der Waals surface area contributed by atoms with Crippen molar-refractivity contribution in [2.75, 3.05) is 43.9 Å². The lowest BCUT2D eigenvalue weighted by Crippen LogP contribution is -2.51. The summed E-state index contributed by atoms with van der Waals surface area (Å²) in [5, 5.41) is 4.54. The van der Waals surface area contributed by atoms with Crippen LogP contribution in [0.1, 0.15) is 31.2 Å². The summed E-state index contributed by atoms with van der Waals surface area (Å²) in [6, 6.07) is 6.08. The normalized spacial score (nSPS) is 23.4. The molecule has 2 bridgehead atoms. The van der Waals surface area contributed by atoms with E-state index in [1.54, 1.807) is 6.07 Å². The van der Waals surface area contributed by atoms with Gasteiger partial charge in [-0.1, -0.05) is 11.3 Å². The number of thiazole rings is 1. The summed E-state index contributed by atoms with van der Waals surface area (Å²) in [5.74, 6) is -0.217. The summed E-state index contributed by atoms with van der Waals surface area (Å²) >= 11 is 1.06. The van der Waals surface area contributed by atoms with Crippen molar-refractivity contribution in [2.24, 2.45) is 0 Å². The van der Waals surface area contributed by atoms with Gasteiger partial charge in [0.05, 0.1) is 10.2 Å². The van der Waals surface area contributed by atoms with Crippen LogP contribution in [0.5, 0.6) is 6.01 Å². The highest BCUT2D eigenvalue weighted by Crippen LogP contribution is 2.41. The summed E-state index contributed by atoms with van der Waals surface area (Å²) in [6.07, 6.45) is 4.42. The number of aromatic nitrogens is 3. The number of likely N-dealkylation sites (tertiary alicyclic amines) is 1. The SMILES string of the molecule is Cc1cc2c(N3CC4CCC(C3)N4)nc(OC[C@@H]3CCCN3C)nc2c(F)c1-c1ccc(F)c2sc(N)nc12. The Morgan fingerprint density at radius 3 is 2.64 bits per heavy atom. The number of ether oxygens (including phenoxy) is 1. The first-order valence-corrected chi connectivity index (χ1v) is 14.4. The van der Waals surface area contributed by atoms with Gasteiger partial charge in [-0.05, 0) is 70.0 Å². The van der Waals surface area contributed by atoms with E-state index in [-0.39, 0.29) is 22.7 Å². The molecule has 0 radical (unpaired) electrons. The van der Waals surface area contributed by atoms with Crippen LogP contribution in [0.15, 0.2) is 18.2 Å². The predicted octanol–water partition coefficient (Wildman–Crippen LogP) is 4.49. The molecule has 11 heteroatoms. The minimum absolute atomic E-state index is 0.180. The first kappa shape index (κ1) is 24.9. The molecule has 39 heavy (non-hydrogen) atoms. The van der Waals surface area contributed by atoms with Gasteiger partial charge in [0.15, 0.2) is 10.9 Å². The van der Waals surface area contributed by atoms with E-state index in [9.17, 15) is 4.39 Å². The van der Waals surface area contributed by atoms with E-state index in [2.05, 4.69) is 32.1 Å². The Hall–Kier alpha value is -3.15. The van der Waals surface area contributed by atoms with Crippen LogP contribution in [0.2, 0.25) is 0 Å². The van der Waals surface area contributed by atoms with Gasteiger partial charge in [-0.25, -0.2) is 13.8 Å². The molecule has 3 saturated heterocycles. The number of hydrogen-bond acceptors (Lipinski definition) is 9. The van der Waals surface area contributed by atoms with Crippen LogP contribution in [0, 0.1) is 18.6 Å². The monoisotopic (exact) mass is 551 g/mol. The second-order valence-electron chi connectivity index (χ2n) is 11.1. The molecular formula is C28H31F2N7OS. The molecule has 5 heterocycles. The summed E-state index contributed by atoms with van der Waals surface area (Å²) in [5.41, 5.74) is 7.99. The van der Waals surface area contributed by atoms with Gasteiger partial charge in [0, 0.05) is 47.7 Å². The van der Waals surface area contributed by atoms with Crippen molar-refractivity contribution in [3.05, 3.63) is 35.4 Å². The number of nitrogen functional groups attached to an aromatic ring is 1. The zero-order valence-electron chi connectivity index (χ0n) is 22.0. The van der Waals surface area contributed by atoms with Crippen LogP contribution in [-0.2, 0) is 0 Å². The highest BCUT2D eigenvalue weighted by Gasteiger charge is 2.34. The fourth-order valence-electron chi connectivity index (χ4n) is 6.48. The van der Waals surface area contributed by atoms with E-state index in [1.165, 1.54) is 6.07 Å². The molecule has 2 unspecified atom stereocenters. The number of aryl methyl sites for hydroxylation is 1. The molecule has 3 aliphatic rings. The number of likely N-dealkylation sites (N-methyl/N-ethyl adjacent to an activating group) is 1. The zero-order chi connectivity index (χ0) is 26.8. The Balaban J connectivity index is 1.38.